The quantitative estimate of drug-likeness (QED) is 0.793. The van der Waals surface area contributed by atoms with Gasteiger partial charge in [0.05, 0.1) is 17.9 Å². The molecule has 0 saturated carbocycles. The molecule has 0 atom stereocenters. The fourth-order valence-corrected chi connectivity index (χ4v) is 3.23. The minimum atomic E-state index is 0.542. The lowest BCUT2D eigenvalue weighted by Gasteiger charge is -2.33. The summed E-state index contributed by atoms with van der Waals surface area (Å²) in [7, 11) is 2.08. The van der Waals surface area contributed by atoms with Gasteiger partial charge in [0.25, 0.3) is 0 Å². The number of ether oxygens (including phenoxy) is 1. The number of hydrogen-bond donors (Lipinski definition) is 0. The van der Waals surface area contributed by atoms with Crippen molar-refractivity contribution < 1.29 is 4.74 Å². The van der Waals surface area contributed by atoms with Gasteiger partial charge in [-0.25, -0.2) is 0 Å². The first-order valence-corrected chi connectivity index (χ1v) is 7.15. The van der Waals surface area contributed by atoms with Crippen molar-refractivity contribution in [2.24, 2.45) is 0 Å². The van der Waals surface area contributed by atoms with Crippen molar-refractivity contribution in [1.29, 1.82) is 0 Å². The van der Waals surface area contributed by atoms with Crippen LogP contribution in [0.5, 0.6) is 0 Å². The molecule has 5 heteroatoms. The summed E-state index contributed by atoms with van der Waals surface area (Å²) in [5.74, 6) is 0.996. The van der Waals surface area contributed by atoms with E-state index in [0.29, 0.717) is 6.04 Å². The number of hydrogen-bond acceptors (Lipinski definition) is 5. The van der Waals surface area contributed by atoms with E-state index in [1.807, 2.05) is 12.1 Å². The van der Waals surface area contributed by atoms with E-state index in [-0.39, 0.29) is 0 Å². The second kappa shape index (κ2) is 4.59. The van der Waals surface area contributed by atoms with Crippen LogP contribution < -0.4 is 9.80 Å². The van der Waals surface area contributed by atoms with Crippen LogP contribution in [-0.4, -0.2) is 43.2 Å². The number of nitrogens with zero attached hydrogens (tertiary/aromatic N) is 4. The van der Waals surface area contributed by atoms with Crippen molar-refractivity contribution in [2.45, 2.75) is 18.9 Å². The molecular weight excluding hydrogens is 252 g/mol. The highest BCUT2D eigenvalue weighted by molar-refractivity contribution is 5.98. The van der Waals surface area contributed by atoms with Crippen molar-refractivity contribution in [3.05, 3.63) is 24.3 Å². The normalized spacial score (nSPS) is 19.6. The Morgan fingerprint density at radius 3 is 2.80 bits per heavy atom. The number of aromatic nitrogens is 2. The Balaban J connectivity index is 1.85. The van der Waals surface area contributed by atoms with Crippen LogP contribution in [-0.2, 0) is 4.74 Å². The Kier molecular flexibility index (Phi) is 2.73. The summed E-state index contributed by atoms with van der Waals surface area (Å²) >= 11 is 0. The summed E-state index contributed by atoms with van der Waals surface area (Å²) in [5, 5.41) is 9.96. The highest BCUT2D eigenvalue weighted by Crippen LogP contribution is 2.40. The van der Waals surface area contributed by atoms with Crippen molar-refractivity contribution in [3.8, 4) is 0 Å². The fourth-order valence-electron chi connectivity index (χ4n) is 3.23. The lowest BCUT2D eigenvalue weighted by Crippen LogP contribution is -2.41. The first-order chi connectivity index (χ1) is 9.84. The zero-order valence-corrected chi connectivity index (χ0v) is 11.6. The summed E-state index contributed by atoms with van der Waals surface area (Å²) in [4.78, 5) is 4.67. The van der Waals surface area contributed by atoms with Crippen molar-refractivity contribution in [2.75, 3.05) is 36.7 Å². The molecule has 2 aromatic rings. The molecule has 1 fully saturated rings. The third-order valence-corrected chi connectivity index (χ3v) is 4.27. The predicted molar refractivity (Wildman–Crippen MR) is 79.1 cm³/mol. The molecule has 5 nitrogen and oxygen atoms in total. The van der Waals surface area contributed by atoms with Gasteiger partial charge in [-0.3, -0.25) is 0 Å². The number of fused-ring (bicyclic) bond motifs is 3. The third kappa shape index (κ3) is 1.73. The average molecular weight is 270 g/mol. The van der Waals surface area contributed by atoms with Crippen molar-refractivity contribution in [3.63, 3.8) is 0 Å². The highest BCUT2D eigenvalue weighted by Gasteiger charge is 2.33. The van der Waals surface area contributed by atoms with Crippen LogP contribution >= 0.6 is 0 Å². The monoisotopic (exact) mass is 270 g/mol. The summed E-state index contributed by atoms with van der Waals surface area (Å²) in [6.07, 6.45) is 2.17. The molecule has 0 spiro atoms. The summed E-state index contributed by atoms with van der Waals surface area (Å²) in [6.45, 7) is 2.61. The SMILES string of the molecule is CN1CN(C2CCOCC2)c2c1nnc1ccccc21. The lowest BCUT2D eigenvalue weighted by atomic mass is 10.1. The molecule has 3 heterocycles. The number of anilines is 2. The highest BCUT2D eigenvalue weighted by atomic mass is 16.5. The van der Waals surface area contributed by atoms with Crippen LogP contribution in [0.1, 0.15) is 12.8 Å². The van der Waals surface area contributed by atoms with Crippen LogP contribution in [0.25, 0.3) is 10.9 Å². The van der Waals surface area contributed by atoms with Gasteiger partial charge < -0.3 is 14.5 Å². The molecule has 0 unspecified atom stereocenters. The van der Waals surface area contributed by atoms with Gasteiger partial charge in [0, 0.05) is 31.7 Å². The molecule has 0 N–H and O–H groups in total. The van der Waals surface area contributed by atoms with E-state index in [1.165, 1.54) is 11.1 Å². The zero-order chi connectivity index (χ0) is 13.5. The maximum Gasteiger partial charge on any atom is 0.176 e. The molecule has 0 radical (unpaired) electrons. The van der Waals surface area contributed by atoms with Gasteiger partial charge in [0.1, 0.15) is 0 Å². The van der Waals surface area contributed by atoms with Gasteiger partial charge in [-0.1, -0.05) is 18.2 Å². The van der Waals surface area contributed by atoms with Gasteiger partial charge in [0.15, 0.2) is 5.82 Å². The van der Waals surface area contributed by atoms with E-state index in [0.717, 1.165) is 44.1 Å². The first-order valence-electron chi connectivity index (χ1n) is 7.15. The standard InChI is InChI=1S/C15H18N4O/c1-18-10-19(11-6-8-20-9-7-11)14-12-4-2-3-5-13(12)16-17-15(14)18/h2-5,11H,6-10H2,1H3. The molecule has 0 amide bonds. The predicted octanol–water partition coefficient (Wildman–Crippen LogP) is 2.02. The Hall–Kier alpha value is -1.88. The largest absolute Gasteiger partial charge is 0.381 e. The van der Waals surface area contributed by atoms with Crippen molar-refractivity contribution >= 4 is 22.4 Å². The Bertz CT molecular complexity index is 639. The lowest BCUT2D eigenvalue weighted by molar-refractivity contribution is 0.0848. The fraction of sp³-hybridized carbons (Fsp3) is 0.467. The molecule has 2 aliphatic heterocycles. The molecule has 0 aliphatic carbocycles. The summed E-state index contributed by atoms with van der Waals surface area (Å²) in [6, 6.07) is 8.81. The maximum absolute atomic E-state index is 5.49. The maximum atomic E-state index is 5.49. The Morgan fingerprint density at radius 2 is 1.95 bits per heavy atom. The smallest absolute Gasteiger partial charge is 0.176 e. The van der Waals surface area contributed by atoms with E-state index in [2.05, 4.69) is 39.2 Å². The van der Waals surface area contributed by atoms with E-state index < -0.39 is 0 Å². The summed E-state index contributed by atoms with van der Waals surface area (Å²) < 4.78 is 5.49. The molecule has 1 saturated heterocycles. The van der Waals surface area contributed by atoms with Gasteiger partial charge in [-0.05, 0) is 18.9 Å². The van der Waals surface area contributed by atoms with Crippen LogP contribution in [0.2, 0.25) is 0 Å². The van der Waals surface area contributed by atoms with Crippen LogP contribution in [0.3, 0.4) is 0 Å². The average Bonchev–Trinajstić information content (AvgIpc) is 2.86. The third-order valence-electron chi connectivity index (χ3n) is 4.27. The molecular formula is C15H18N4O. The molecule has 20 heavy (non-hydrogen) atoms. The second-order valence-corrected chi connectivity index (χ2v) is 5.54. The topological polar surface area (TPSA) is 41.5 Å². The molecule has 104 valence electrons. The minimum Gasteiger partial charge on any atom is -0.381 e. The van der Waals surface area contributed by atoms with Gasteiger partial charge in [-0.15, -0.1) is 10.2 Å². The van der Waals surface area contributed by atoms with Gasteiger partial charge >= 0.3 is 0 Å². The second-order valence-electron chi connectivity index (χ2n) is 5.54. The van der Waals surface area contributed by atoms with E-state index in [9.17, 15) is 0 Å². The Morgan fingerprint density at radius 1 is 1.15 bits per heavy atom. The van der Waals surface area contributed by atoms with E-state index in [4.69, 9.17) is 4.74 Å². The number of rotatable bonds is 1. The van der Waals surface area contributed by atoms with Crippen LogP contribution in [0.4, 0.5) is 11.5 Å². The van der Waals surface area contributed by atoms with E-state index >= 15 is 0 Å². The van der Waals surface area contributed by atoms with Crippen LogP contribution in [0.15, 0.2) is 24.3 Å². The minimum absolute atomic E-state index is 0.542. The molecule has 0 bridgehead atoms. The molecule has 1 aromatic carbocycles. The first kappa shape index (κ1) is 11.9. The molecule has 2 aliphatic rings. The molecule has 1 aromatic heterocycles. The zero-order valence-electron chi connectivity index (χ0n) is 11.6. The van der Waals surface area contributed by atoms with Gasteiger partial charge in [-0.2, -0.15) is 0 Å². The van der Waals surface area contributed by atoms with Crippen LogP contribution in [0, 0.1) is 0 Å². The summed E-state index contributed by atoms with van der Waals surface area (Å²) in [5.41, 5.74) is 2.21. The Labute approximate surface area is 118 Å². The number of benzene rings is 1. The van der Waals surface area contributed by atoms with Gasteiger partial charge in [0.2, 0.25) is 0 Å². The van der Waals surface area contributed by atoms with Crippen molar-refractivity contribution in [1.82, 2.24) is 10.2 Å². The molecule has 4 rings (SSSR count). The van der Waals surface area contributed by atoms with E-state index in [1.54, 1.807) is 0 Å².